The van der Waals surface area contributed by atoms with Crippen LogP contribution in [-0.2, 0) is 21.8 Å². The number of hydrogen-bond acceptors (Lipinski definition) is 9. The second kappa shape index (κ2) is 13.4. The van der Waals surface area contributed by atoms with Gasteiger partial charge in [0, 0.05) is 43.7 Å². The van der Waals surface area contributed by atoms with E-state index in [0.717, 1.165) is 79.3 Å². The second-order valence-corrected chi connectivity index (χ2v) is 19.1. The Morgan fingerprint density at radius 3 is 2.67 bits per heavy atom. The minimum atomic E-state index is -1.22. The van der Waals surface area contributed by atoms with Crippen LogP contribution in [0.4, 0.5) is 0 Å². The summed E-state index contributed by atoms with van der Waals surface area (Å²) in [4.78, 5) is 3.03. The van der Waals surface area contributed by atoms with Crippen LogP contribution in [0.3, 0.4) is 0 Å². The number of ether oxygens (including phenoxy) is 2. The molecule has 1 aromatic rings. The lowest BCUT2D eigenvalue weighted by Gasteiger charge is -2.58. The zero-order chi connectivity index (χ0) is 34.2. The number of aryl methyl sites for hydroxylation is 1. The van der Waals surface area contributed by atoms with Crippen molar-refractivity contribution < 1.29 is 24.8 Å². The first kappa shape index (κ1) is 35.0. The highest BCUT2D eigenvalue weighted by atomic mass is 32.2. The largest absolute Gasteiger partial charge is 0.388 e. The van der Waals surface area contributed by atoms with Gasteiger partial charge < -0.3 is 24.8 Å². The monoisotopic (exact) mass is 698 g/mol. The molecule has 7 aliphatic rings. The highest BCUT2D eigenvalue weighted by Gasteiger charge is 2.66. The molecular weight excluding hydrogens is 637 g/mol. The molecule has 3 saturated carbocycles. The third-order valence-corrected chi connectivity index (χ3v) is 16.5. The van der Waals surface area contributed by atoms with Crippen LogP contribution in [0, 0.1) is 46.3 Å². The van der Waals surface area contributed by atoms with E-state index in [-0.39, 0.29) is 0 Å². The lowest BCUT2D eigenvalue weighted by molar-refractivity contribution is -0.192. The van der Waals surface area contributed by atoms with Crippen molar-refractivity contribution in [2.24, 2.45) is 46.3 Å². The van der Waals surface area contributed by atoms with E-state index in [2.05, 4.69) is 49.0 Å². The Labute approximate surface area is 297 Å². The Kier molecular flexibility index (Phi) is 9.61. The summed E-state index contributed by atoms with van der Waals surface area (Å²) in [6.45, 7) is 15.0. The fourth-order valence-electron chi connectivity index (χ4n) is 12.8. The molecule has 8 rings (SSSR count). The van der Waals surface area contributed by atoms with Gasteiger partial charge in [0.2, 0.25) is 0 Å². The molecule has 6 fully saturated rings. The molecule has 0 amide bonds. The fraction of sp³-hybridized carbons (Fsp3) is 0.897. The average Bonchev–Trinajstić information content (AvgIpc) is 3.75. The zero-order valence-corrected chi connectivity index (χ0v) is 31.3. The van der Waals surface area contributed by atoms with Crippen LogP contribution in [-0.4, -0.2) is 96.4 Å². The van der Waals surface area contributed by atoms with Gasteiger partial charge in [0.15, 0.2) is 0 Å². The summed E-state index contributed by atoms with van der Waals surface area (Å²) in [6.07, 6.45) is 13.8. The predicted octanol–water partition coefficient (Wildman–Crippen LogP) is 5.42. The highest BCUT2D eigenvalue weighted by molar-refractivity contribution is 7.99. The first-order valence-corrected chi connectivity index (χ1v) is 20.8. The molecule has 3 aliphatic heterocycles. The summed E-state index contributed by atoms with van der Waals surface area (Å²) in [5.41, 5.74) is 2.75. The van der Waals surface area contributed by atoms with Gasteiger partial charge in [-0.3, -0.25) is 9.58 Å². The van der Waals surface area contributed by atoms with E-state index in [1.54, 1.807) is 12.5 Å². The summed E-state index contributed by atoms with van der Waals surface area (Å²) >= 11 is 1.36. The topological polar surface area (TPSA) is 113 Å². The lowest BCUT2D eigenvalue weighted by atomic mass is 9.47. The second-order valence-electron chi connectivity index (χ2n) is 18.0. The van der Waals surface area contributed by atoms with Gasteiger partial charge in [0.05, 0.1) is 17.9 Å². The molecule has 3 saturated heterocycles. The van der Waals surface area contributed by atoms with Crippen molar-refractivity contribution >= 4 is 11.8 Å². The van der Waals surface area contributed by atoms with Crippen molar-refractivity contribution in [3.63, 3.8) is 0 Å². The average molecular weight is 699 g/mol. The van der Waals surface area contributed by atoms with Crippen LogP contribution in [0.25, 0.3) is 0 Å². The zero-order valence-electron chi connectivity index (χ0n) is 30.5. The summed E-state index contributed by atoms with van der Waals surface area (Å²) in [6, 6.07) is 1.68. The van der Waals surface area contributed by atoms with E-state index in [1.807, 2.05) is 10.9 Å². The number of nitrogens with zero attached hydrogens (tertiary/aromatic N) is 4. The van der Waals surface area contributed by atoms with Crippen molar-refractivity contribution in [3.05, 3.63) is 23.5 Å². The number of fused-ring (bicyclic) bond motifs is 9. The number of aliphatic hydroxyl groups is 3. The Bertz CT molecular complexity index is 1380. The minimum absolute atomic E-state index is 0.315. The number of aromatic nitrogens is 3. The summed E-state index contributed by atoms with van der Waals surface area (Å²) < 4.78 is 14.1. The number of thioether (sulfide) groups is 1. The van der Waals surface area contributed by atoms with Crippen LogP contribution < -0.4 is 0 Å². The Morgan fingerprint density at radius 2 is 1.84 bits per heavy atom. The Hall–Kier alpha value is -1.01. The van der Waals surface area contributed by atoms with E-state index >= 15 is 0 Å². The number of rotatable bonds is 8. The van der Waals surface area contributed by atoms with Crippen LogP contribution in [0.2, 0.25) is 0 Å². The van der Waals surface area contributed by atoms with E-state index < -0.39 is 29.9 Å². The third kappa shape index (κ3) is 5.99. The van der Waals surface area contributed by atoms with Gasteiger partial charge in [-0.2, -0.15) is 0 Å². The van der Waals surface area contributed by atoms with Crippen LogP contribution >= 0.6 is 11.8 Å². The van der Waals surface area contributed by atoms with Gasteiger partial charge in [0.1, 0.15) is 23.7 Å². The number of aliphatic hydroxyl groups excluding tert-OH is 3. The summed E-state index contributed by atoms with van der Waals surface area (Å²) in [7, 11) is 0. The van der Waals surface area contributed by atoms with Crippen LogP contribution in [0.5, 0.6) is 0 Å². The van der Waals surface area contributed by atoms with Crippen molar-refractivity contribution in [2.45, 2.75) is 159 Å². The molecule has 0 spiro atoms. The number of allylic oxidation sites excluding steroid dienone is 1. The molecule has 3 N–H and O–H groups in total. The smallest absolute Gasteiger partial charge is 0.132 e. The Morgan fingerprint density at radius 1 is 1.00 bits per heavy atom. The maximum atomic E-state index is 10.3. The summed E-state index contributed by atoms with van der Waals surface area (Å²) in [5, 5.41) is 38.9. The minimum Gasteiger partial charge on any atom is -0.388 e. The maximum Gasteiger partial charge on any atom is 0.132 e. The molecular formula is C39H62N4O5S. The maximum absolute atomic E-state index is 10.3. The van der Waals surface area contributed by atoms with E-state index in [9.17, 15) is 15.3 Å². The molecule has 8 unspecified atom stereocenters. The van der Waals surface area contributed by atoms with E-state index in [1.165, 1.54) is 69.7 Å². The molecule has 9 nitrogen and oxygen atoms in total. The summed E-state index contributed by atoms with van der Waals surface area (Å²) in [5.74, 6) is 5.72. The molecule has 0 bridgehead atoms. The molecule has 49 heavy (non-hydrogen) atoms. The standard InChI is InChI=1S/C39H62N4O5S/c1-22-7-10-31-23(2)33-32(43(31)19-22)18-30-28-9-8-25-17-27(11-13-38(25,4)29(28)12-14-39(30,33)5)47-16-6-15-42-20-26(40-41-42)21-49-37-36(46)35(45)34(44)24(3)48-37/h8,20,22-24,27-37,44-46H,6-7,9-19,21H2,1-5H3/t22-,23+,24?,27-,28?,29?,30?,31?,32?,33?,34-,35?,36-,37-,38-,39-/m0/s1. The van der Waals surface area contributed by atoms with E-state index in [0.29, 0.717) is 22.7 Å². The number of piperidine rings is 1. The molecule has 0 radical (unpaired) electrons. The SMILES string of the molecule is CC1O[C@@H](SCc2cn(CCCO[C@H]3CC[C@@]4(C)C(=CCC5C6CC7C([C@H](C)C8CC[C@H](C)CN78)[C@@]6(C)CCC54)C3)nn2)[C@@H](O)C(O)[C@H]1O. The van der Waals surface area contributed by atoms with Crippen LogP contribution in [0.1, 0.15) is 105 Å². The van der Waals surface area contributed by atoms with Gasteiger partial charge in [0.25, 0.3) is 0 Å². The van der Waals surface area contributed by atoms with Gasteiger partial charge in [-0.25, -0.2) is 0 Å². The highest BCUT2D eigenvalue weighted by Crippen LogP contribution is 2.70. The molecule has 10 heteroatoms. The Balaban J connectivity index is 0.821. The predicted molar refractivity (Wildman–Crippen MR) is 190 cm³/mol. The molecule has 274 valence electrons. The first-order valence-electron chi connectivity index (χ1n) is 19.7. The number of hydrogen-bond donors (Lipinski definition) is 3. The van der Waals surface area contributed by atoms with Gasteiger partial charge in [-0.1, -0.05) is 44.6 Å². The quantitative estimate of drug-likeness (QED) is 0.242. The normalized spacial score (nSPS) is 49.4. The van der Waals surface area contributed by atoms with Gasteiger partial charge in [-0.15, -0.1) is 16.9 Å². The molecule has 16 atom stereocenters. The van der Waals surface area contributed by atoms with E-state index in [4.69, 9.17) is 9.47 Å². The fourth-order valence-corrected chi connectivity index (χ4v) is 13.9. The van der Waals surface area contributed by atoms with Crippen molar-refractivity contribution in [1.29, 1.82) is 0 Å². The lowest BCUT2D eigenvalue weighted by Crippen LogP contribution is -2.55. The molecule has 0 aromatic carbocycles. The van der Waals surface area contributed by atoms with Crippen molar-refractivity contribution in [2.75, 3.05) is 13.2 Å². The van der Waals surface area contributed by atoms with Crippen LogP contribution in [0.15, 0.2) is 17.8 Å². The molecule has 4 aliphatic carbocycles. The van der Waals surface area contributed by atoms with Crippen molar-refractivity contribution in [3.8, 4) is 0 Å². The first-order chi connectivity index (χ1) is 23.5. The third-order valence-electron chi connectivity index (χ3n) is 15.3. The van der Waals surface area contributed by atoms with Gasteiger partial charge >= 0.3 is 0 Å². The molecule has 4 heterocycles. The van der Waals surface area contributed by atoms with Crippen molar-refractivity contribution in [1.82, 2.24) is 19.9 Å². The van der Waals surface area contributed by atoms with Gasteiger partial charge in [-0.05, 0) is 117 Å². The molecule has 1 aromatic heterocycles.